The van der Waals surface area contributed by atoms with Crippen LogP contribution in [0.15, 0.2) is 30.3 Å². The molecule has 0 spiro atoms. The van der Waals surface area contributed by atoms with Crippen molar-refractivity contribution in [2.75, 3.05) is 16.8 Å². The van der Waals surface area contributed by atoms with Gasteiger partial charge in [-0.25, -0.2) is 4.79 Å². The van der Waals surface area contributed by atoms with Crippen LogP contribution >= 0.6 is 23.2 Å². The molecule has 1 aliphatic heterocycles. The van der Waals surface area contributed by atoms with Gasteiger partial charge in [0.2, 0.25) is 0 Å². The Labute approximate surface area is 183 Å². The summed E-state index contributed by atoms with van der Waals surface area (Å²) in [5.74, 6) is 0.428. The first-order valence-corrected chi connectivity index (χ1v) is 10.8. The molecule has 29 heavy (non-hydrogen) atoms. The lowest BCUT2D eigenvalue weighted by Gasteiger charge is -2.47. The molecular formula is C23H29Cl2N3O. The van der Waals surface area contributed by atoms with Crippen LogP contribution in [0.4, 0.5) is 16.2 Å². The molecule has 4 nitrogen and oxygen atoms in total. The summed E-state index contributed by atoms with van der Waals surface area (Å²) < 4.78 is 0. The van der Waals surface area contributed by atoms with E-state index in [4.69, 9.17) is 23.2 Å². The predicted molar refractivity (Wildman–Crippen MR) is 124 cm³/mol. The maximum absolute atomic E-state index is 12.5. The molecule has 0 aliphatic carbocycles. The van der Waals surface area contributed by atoms with Gasteiger partial charge in [-0.3, -0.25) is 0 Å². The first-order chi connectivity index (χ1) is 13.6. The van der Waals surface area contributed by atoms with E-state index >= 15 is 0 Å². The summed E-state index contributed by atoms with van der Waals surface area (Å²) in [4.78, 5) is 15.0. The van der Waals surface area contributed by atoms with Crippen molar-refractivity contribution >= 4 is 40.6 Å². The molecule has 156 valence electrons. The molecule has 2 aromatic carbocycles. The normalized spacial score (nSPS) is 17.6. The molecule has 0 radical (unpaired) electrons. The van der Waals surface area contributed by atoms with Crippen LogP contribution in [-0.2, 0) is 6.54 Å². The quantitative estimate of drug-likeness (QED) is 0.560. The number of urea groups is 1. The van der Waals surface area contributed by atoms with Gasteiger partial charge in [0.25, 0.3) is 0 Å². The third kappa shape index (κ3) is 4.65. The maximum atomic E-state index is 12.5. The van der Waals surface area contributed by atoms with Crippen molar-refractivity contribution < 1.29 is 4.79 Å². The Morgan fingerprint density at radius 1 is 1.24 bits per heavy atom. The number of nitrogens with zero attached hydrogens (tertiary/aromatic N) is 1. The van der Waals surface area contributed by atoms with Gasteiger partial charge in [0.15, 0.2) is 0 Å². The highest BCUT2D eigenvalue weighted by Gasteiger charge is 2.35. The van der Waals surface area contributed by atoms with Gasteiger partial charge in [-0.1, -0.05) is 30.1 Å². The Morgan fingerprint density at radius 2 is 1.97 bits per heavy atom. The summed E-state index contributed by atoms with van der Waals surface area (Å²) in [7, 11) is 0. The predicted octanol–water partition coefficient (Wildman–Crippen LogP) is 6.74. The van der Waals surface area contributed by atoms with Gasteiger partial charge in [0, 0.05) is 40.0 Å². The van der Waals surface area contributed by atoms with Gasteiger partial charge in [0.1, 0.15) is 0 Å². The number of benzene rings is 2. The molecule has 0 saturated heterocycles. The number of nitrogens with one attached hydrogen (secondary N) is 2. The van der Waals surface area contributed by atoms with E-state index in [-0.39, 0.29) is 11.6 Å². The Bertz CT molecular complexity index is 927. The zero-order chi connectivity index (χ0) is 21.3. The smallest absolute Gasteiger partial charge is 0.319 e. The summed E-state index contributed by atoms with van der Waals surface area (Å²) in [6.07, 6.45) is 1.08. The molecule has 2 aromatic rings. The van der Waals surface area contributed by atoms with Crippen LogP contribution in [0.2, 0.25) is 10.0 Å². The number of carbonyl (C=O) groups excluding carboxylic acids is 1. The summed E-state index contributed by atoms with van der Waals surface area (Å²) in [6, 6.07) is 9.27. The molecule has 1 heterocycles. The van der Waals surface area contributed by atoms with Crippen LogP contribution in [0.5, 0.6) is 0 Å². The lowest BCUT2D eigenvalue weighted by molar-refractivity contribution is 0.251. The van der Waals surface area contributed by atoms with Gasteiger partial charge >= 0.3 is 6.03 Å². The Balaban J connectivity index is 1.77. The number of hydrogen-bond donors (Lipinski definition) is 2. The van der Waals surface area contributed by atoms with Crippen molar-refractivity contribution in [2.45, 2.75) is 59.0 Å². The molecule has 1 atom stereocenters. The summed E-state index contributed by atoms with van der Waals surface area (Å²) in [5.41, 5.74) is 5.33. The third-order valence-corrected chi connectivity index (χ3v) is 6.35. The second-order valence-corrected chi connectivity index (χ2v) is 9.27. The summed E-state index contributed by atoms with van der Waals surface area (Å²) >= 11 is 12.2. The van der Waals surface area contributed by atoms with E-state index in [1.807, 2.05) is 6.92 Å². The molecular weight excluding hydrogens is 405 g/mol. The SMILES string of the molecule is CCN1c2cc(C)c(NC(=O)NCc3cc(Cl)ccc3Cl)cc2C(C)CC1(C)C. The van der Waals surface area contributed by atoms with Gasteiger partial charge < -0.3 is 15.5 Å². The van der Waals surface area contributed by atoms with Crippen molar-refractivity contribution in [2.24, 2.45) is 0 Å². The lowest BCUT2D eigenvalue weighted by atomic mass is 9.79. The lowest BCUT2D eigenvalue weighted by Crippen LogP contribution is -2.48. The zero-order valence-electron chi connectivity index (χ0n) is 17.7. The highest BCUT2D eigenvalue weighted by Crippen LogP contribution is 2.45. The number of halogens is 2. The molecule has 0 fully saturated rings. The molecule has 0 saturated carbocycles. The van der Waals surface area contributed by atoms with Crippen LogP contribution in [0.3, 0.4) is 0 Å². The number of anilines is 2. The molecule has 1 aliphatic rings. The fourth-order valence-electron chi connectivity index (χ4n) is 4.39. The Morgan fingerprint density at radius 3 is 2.66 bits per heavy atom. The molecule has 6 heteroatoms. The molecule has 1 unspecified atom stereocenters. The number of carbonyl (C=O) groups is 1. The minimum atomic E-state index is -0.264. The minimum Gasteiger partial charge on any atom is -0.366 e. The summed E-state index contributed by atoms with van der Waals surface area (Å²) in [5, 5.41) is 7.03. The van der Waals surface area contributed by atoms with Crippen LogP contribution in [-0.4, -0.2) is 18.1 Å². The molecule has 2 N–H and O–H groups in total. The first-order valence-electron chi connectivity index (χ1n) is 10.0. The van der Waals surface area contributed by atoms with E-state index < -0.39 is 0 Å². The minimum absolute atomic E-state index is 0.121. The third-order valence-electron chi connectivity index (χ3n) is 5.74. The van der Waals surface area contributed by atoms with Gasteiger partial charge in [-0.15, -0.1) is 0 Å². The van der Waals surface area contributed by atoms with E-state index in [0.717, 1.165) is 29.8 Å². The topological polar surface area (TPSA) is 44.4 Å². The highest BCUT2D eigenvalue weighted by atomic mass is 35.5. The number of aryl methyl sites for hydroxylation is 1. The van der Waals surface area contributed by atoms with Gasteiger partial charge in [-0.05, 0) is 87.1 Å². The van der Waals surface area contributed by atoms with Crippen LogP contribution in [0, 0.1) is 6.92 Å². The average molecular weight is 434 g/mol. The number of amides is 2. The van der Waals surface area contributed by atoms with Crippen molar-refractivity contribution in [3.8, 4) is 0 Å². The maximum Gasteiger partial charge on any atom is 0.319 e. The van der Waals surface area contributed by atoms with E-state index in [2.05, 4.69) is 55.4 Å². The fourth-order valence-corrected chi connectivity index (χ4v) is 4.77. The van der Waals surface area contributed by atoms with Crippen LogP contribution in [0.1, 0.15) is 56.7 Å². The number of rotatable bonds is 4. The molecule has 2 amide bonds. The highest BCUT2D eigenvalue weighted by molar-refractivity contribution is 6.33. The van der Waals surface area contributed by atoms with E-state index in [0.29, 0.717) is 22.5 Å². The van der Waals surface area contributed by atoms with Gasteiger partial charge in [-0.2, -0.15) is 0 Å². The number of hydrogen-bond acceptors (Lipinski definition) is 2. The second kappa shape index (κ2) is 8.45. The Kier molecular flexibility index (Phi) is 6.35. The van der Waals surface area contributed by atoms with E-state index in [1.54, 1.807) is 18.2 Å². The fraction of sp³-hybridized carbons (Fsp3) is 0.435. The molecule has 3 rings (SSSR count). The van der Waals surface area contributed by atoms with Crippen LogP contribution in [0.25, 0.3) is 0 Å². The molecule has 0 bridgehead atoms. The van der Waals surface area contributed by atoms with Crippen molar-refractivity contribution in [3.05, 3.63) is 57.1 Å². The average Bonchev–Trinajstić information content (AvgIpc) is 2.63. The number of fused-ring (bicyclic) bond motifs is 1. The van der Waals surface area contributed by atoms with Gasteiger partial charge in [0.05, 0.1) is 0 Å². The Hall–Kier alpha value is -1.91. The zero-order valence-corrected chi connectivity index (χ0v) is 19.2. The summed E-state index contributed by atoms with van der Waals surface area (Å²) in [6.45, 7) is 12.3. The molecule has 0 aromatic heterocycles. The van der Waals surface area contributed by atoms with Crippen molar-refractivity contribution in [1.29, 1.82) is 0 Å². The van der Waals surface area contributed by atoms with E-state index in [9.17, 15) is 4.79 Å². The van der Waals surface area contributed by atoms with Crippen LogP contribution < -0.4 is 15.5 Å². The first kappa shape index (κ1) is 21.8. The standard InChI is InChI=1S/C23H29Cl2N3O/c1-6-28-21-9-14(2)20(11-18(21)15(3)12-23(28,4)5)27-22(29)26-13-16-10-17(24)7-8-19(16)25/h7-11,15H,6,12-13H2,1-5H3,(H2,26,27,29). The van der Waals surface area contributed by atoms with Crippen molar-refractivity contribution in [3.63, 3.8) is 0 Å². The van der Waals surface area contributed by atoms with Crippen molar-refractivity contribution in [1.82, 2.24) is 5.32 Å². The largest absolute Gasteiger partial charge is 0.366 e. The second-order valence-electron chi connectivity index (χ2n) is 8.43. The monoisotopic (exact) mass is 433 g/mol. The van der Waals surface area contributed by atoms with E-state index in [1.165, 1.54) is 11.3 Å².